The highest BCUT2D eigenvalue weighted by Gasteiger charge is 2.29. The van der Waals surface area contributed by atoms with E-state index in [0.29, 0.717) is 12.2 Å². The number of aryl methyl sites for hydroxylation is 1. The van der Waals surface area contributed by atoms with Gasteiger partial charge in [0, 0.05) is 17.9 Å². The van der Waals surface area contributed by atoms with Crippen molar-refractivity contribution in [2.45, 2.75) is 32.1 Å². The highest BCUT2D eigenvalue weighted by Crippen LogP contribution is 2.30. The minimum atomic E-state index is 0.164. The van der Waals surface area contributed by atoms with Crippen molar-refractivity contribution in [2.24, 2.45) is 5.92 Å². The van der Waals surface area contributed by atoms with Gasteiger partial charge in [0.25, 0.3) is 0 Å². The van der Waals surface area contributed by atoms with E-state index in [1.54, 1.807) is 6.07 Å². The van der Waals surface area contributed by atoms with Crippen LogP contribution in [0.3, 0.4) is 0 Å². The van der Waals surface area contributed by atoms with Gasteiger partial charge in [-0.3, -0.25) is 9.59 Å². The molecule has 0 aromatic heterocycles. The molecule has 0 N–H and O–H groups in total. The van der Waals surface area contributed by atoms with Crippen LogP contribution >= 0.6 is 0 Å². The molecular formula is C15H16O3. The SMILES string of the molecule is O=C1CCCc2cc(OCC(=O)C3CC3)ccc21. The molecule has 0 unspecified atom stereocenters. The number of benzene rings is 1. The molecule has 1 saturated carbocycles. The number of carbonyl (C=O) groups excluding carboxylic acids is 2. The monoisotopic (exact) mass is 244 g/mol. The Morgan fingerprint density at radius 1 is 1.28 bits per heavy atom. The van der Waals surface area contributed by atoms with Gasteiger partial charge in [0.15, 0.2) is 11.6 Å². The molecule has 1 aromatic carbocycles. The predicted octanol–water partition coefficient (Wildman–Crippen LogP) is 2.56. The van der Waals surface area contributed by atoms with Crippen molar-refractivity contribution in [3.05, 3.63) is 29.3 Å². The number of hydrogen-bond acceptors (Lipinski definition) is 3. The van der Waals surface area contributed by atoms with Crippen LogP contribution in [0.1, 0.15) is 41.6 Å². The Morgan fingerprint density at radius 3 is 2.89 bits per heavy atom. The van der Waals surface area contributed by atoms with Gasteiger partial charge < -0.3 is 4.74 Å². The van der Waals surface area contributed by atoms with Crippen molar-refractivity contribution >= 4 is 11.6 Å². The average Bonchev–Trinajstić information content (AvgIpc) is 3.20. The van der Waals surface area contributed by atoms with Gasteiger partial charge in [-0.2, -0.15) is 0 Å². The maximum atomic E-state index is 11.7. The van der Waals surface area contributed by atoms with E-state index in [-0.39, 0.29) is 24.1 Å². The van der Waals surface area contributed by atoms with Gasteiger partial charge >= 0.3 is 0 Å². The quantitative estimate of drug-likeness (QED) is 0.817. The van der Waals surface area contributed by atoms with E-state index in [9.17, 15) is 9.59 Å². The summed E-state index contributed by atoms with van der Waals surface area (Å²) in [7, 11) is 0. The smallest absolute Gasteiger partial charge is 0.173 e. The molecule has 0 spiro atoms. The summed E-state index contributed by atoms with van der Waals surface area (Å²) in [6.07, 6.45) is 4.51. The van der Waals surface area contributed by atoms with Gasteiger partial charge in [0.2, 0.25) is 0 Å². The first-order valence-electron chi connectivity index (χ1n) is 6.55. The van der Waals surface area contributed by atoms with Crippen LogP contribution < -0.4 is 4.74 Å². The molecule has 3 rings (SSSR count). The molecule has 18 heavy (non-hydrogen) atoms. The van der Waals surface area contributed by atoms with Crippen LogP contribution in [0.15, 0.2) is 18.2 Å². The van der Waals surface area contributed by atoms with Gasteiger partial charge in [-0.05, 0) is 49.4 Å². The summed E-state index contributed by atoms with van der Waals surface area (Å²) in [6.45, 7) is 0.164. The molecule has 1 aromatic rings. The third-order valence-electron chi connectivity index (χ3n) is 3.64. The van der Waals surface area contributed by atoms with E-state index in [0.717, 1.165) is 36.8 Å². The van der Waals surface area contributed by atoms with E-state index in [2.05, 4.69) is 0 Å². The fourth-order valence-electron chi connectivity index (χ4n) is 2.39. The summed E-state index contributed by atoms with van der Waals surface area (Å²) in [5.74, 6) is 1.36. The second-order valence-corrected chi connectivity index (χ2v) is 5.12. The summed E-state index contributed by atoms with van der Waals surface area (Å²) in [5.41, 5.74) is 1.88. The van der Waals surface area contributed by atoms with Crippen molar-refractivity contribution in [1.29, 1.82) is 0 Å². The van der Waals surface area contributed by atoms with Crippen molar-refractivity contribution in [2.75, 3.05) is 6.61 Å². The Kier molecular flexibility index (Phi) is 2.90. The zero-order valence-corrected chi connectivity index (χ0v) is 10.3. The normalized spacial score (nSPS) is 18.3. The maximum absolute atomic E-state index is 11.7. The van der Waals surface area contributed by atoms with Crippen LogP contribution in [-0.2, 0) is 11.2 Å². The summed E-state index contributed by atoms with van der Waals surface area (Å²) in [4.78, 5) is 23.2. The predicted molar refractivity (Wildman–Crippen MR) is 66.9 cm³/mol. The Labute approximate surface area is 106 Å². The fourth-order valence-corrected chi connectivity index (χ4v) is 2.39. The molecule has 0 heterocycles. The largest absolute Gasteiger partial charge is 0.486 e. The van der Waals surface area contributed by atoms with Crippen LogP contribution in [0.5, 0.6) is 5.75 Å². The van der Waals surface area contributed by atoms with Gasteiger partial charge in [-0.25, -0.2) is 0 Å². The van der Waals surface area contributed by atoms with E-state index < -0.39 is 0 Å². The lowest BCUT2D eigenvalue weighted by Gasteiger charge is -2.15. The Bertz CT molecular complexity index is 500. The number of Topliss-reactive ketones (excluding diaryl/α,β-unsaturated/α-hetero) is 2. The lowest BCUT2D eigenvalue weighted by Crippen LogP contribution is -2.14. The molecule has 0 amide bonds. The molecule has 0 saturated heterocycles. The minimum Gasteiger partial charge on any atom is -0.486 e. The Hall–Kier alpha value is -1.64. The van der Waals surface area contributed by atoms with Crippen LogP contribution in [0.2, 0.25) is 0 Å². The minimum absolute atomic E-state index is 0.164. The van der Waals surface area contributed by atoms with Gasteiger partial charge in [0.1, 0.15) is 12.4 Å². The molecule has 2 aliphatic carbocycles. The summed E-state index contributed by atoms with van der Waals surface area (Å²) in [5, 5.41) is 0. The van der Waals surface area contributed by atoms with E-state index in [4.69, 9.17) is 4.74 Å². The van der Waals surface area contributed by atoms with Crippen LogP contribution in [0.4, 0.5) is 0 Å². The molecule has 0 atom stereocenters. The van der Waals surface area contributed by atoms with Gasteiger partial charge in [-0.15, -0.1) is 0 Å². The van der Waals surface area contributed by atoms with E-state index in [1.807, 2.05) is 12.1 Å². The third kappa shape index (κ3) is 2.30. The molecule has 3 nitrogen and oxygen atoms in total. The maximum Gasteiger partial charge on any atom is 0.173 e. The Morgan fingerprint density at radius 2 is 2.11 bits per heavy atom. The fraction of sp³-hybridized carbons (Fsp3) is 0.467. The first-order valence-corrected chi connectivity index (χ1v) is 6.55. The van der Waals surface area contributed by atoms with Crippen molar-refractivity contribution in [3.8, 4) is 5.75 Å². The van der Waals surface area contributed by atoms with Crippen LogP contribution in [-0.4, -0.2) is 18.2 Å². The zero-order valence-electron chi connectivity index (χ0n) is 10.3. The molecule has 0 bridgehead atoms. The topological polar surface area (TPSA) is 43.4 Å². The molecule has 94 valence electrons. The van der Waals surface area contributed by atoms with Crippen molar-refractivity contribution in [3.63, 3.8) is 0 Å². The molecular weight excluding hydrogens is 228 g/mol. The summed E-state index contributed by atoms with van der Waals surface area (Å²) in [6, 6.07) is 5.53. The van der Waals surface area contributed by atoms with Crippen LogP contribution in [0.25, 0.3) is 0 Å². The third-order valence-corrected chi connectivity index (χ3v) is 3.64. The lowest BCUT2D eigenvalue weighted by molar-refractivity contribution is -0.122. The second-order valence-electron chi connectivity index (χ2n) is 5.12. The standard InChI is InChI=1S/C15H16O3/c16-14-3-1-2-11-8-12(6-7-13(11)14)18-9-15(17)10-4-5-10/h6-8,10H,1-5,9H2. The first-order chi connectivity index (χ1) is 8.74. The first kappa shape index (κ1) is 11.5. The Balaban J connectivity index is 1.69. The molecule has 2 aliphatic rings. The number of rotatable bonds is 4. The summed E-state index contributed by atoms with van der Waals surface area (Å²) < 4.78 is 5.51. The molecule has 0 aliphatic heterocycles. The van der Waals surface area contributed by atoms with Crippen molar-refractivity contribution in [1.82, 2.24) is 0 Å². The lowest BCUT2D eigenvalue weighted by atomic mass is 9.90. The van der Waals surface area contributed by atoms with E-state index in [1.165, 1.54) is 0 Å². The molecule has 3 heteroatoms. The zero-order chi connectivity index (χ0) is 12.5. The van der Waals surface area contributed by atoms with Crippen molar-refractivity contribution < 1.29 is 14.3 Å². The van der Waals surface area contributed by atoms with Gasteiger partial charge in [-0.1, -0.05) is 0 Å². The highest BCUT2D eigenvalue weighted by atomic mass is 16.5. The number of fused-ring (bicyclic) bond motifs is 1. The number of hydrogen-bond donors (Lipinski definition) is 0. The number of ether oxygens (including phenoxy) is 1. The van der Waals surface area contributed by atoms with Gasteiger partial charge in [0.05, 0.1) is 0 Å². The van der Waals surface area contributed by atoms with E-state index >= 15 is 0 Å². The highest BCUT2D eigenvalue weighted by molar-refractivity contribution is 5.98. The average molecular weight is 244 g/mol. The summed E-state index contributed by atoms with van der Waals surface area (Å²) >= 11 is 0. The molecule has 1 fully saturated rings. The number of carbonyl (C=O) groups is 2. The molecule has 0 radical (unpaired) electrons. The number of ketones is 2. The second kappa shape index (κ2) is 4.56. The van der Waals surface area contributed by atoms with Crippen LogP contribution in [0, 0.1) is 5.92 Å².